The van der Waals surface area contributed by atoms with Crippen molar-refractivity contribution in [2.45, 2.75) is 47.2 Å². The molecule has 1 N–H and O–H groups in total. The molecule has 0 saturated heterocycles. The molecule has 0 saturated carbocycles. The summed E-state index contributed by atoms with van der Waals surface area (Å²) in [5.41, 5.74) is 4.82. The number of rotatable bonds is 5. The number of carboxylic acids is 1. The van der Waals surface area contributed by atoms with Gasteiger partial charge < -0.3 is 5.11 Å². The summed E-state index contributed by atoms with van der Waals surface area (Å²) in [5, 5.41) is 9.06. The molecule has 0 aromatic heterocycles. The van der Waals surface area contributed by atoms with Crippen LogP contribution in [-0.4, -0.2) is 34.8 Å². The molecule has 0 heterocycles. The van der Waals surface area contributed by atoms with Crippen LogP contribution in [0.3, 0.4) is 0 Å². The second-order valence-electron chi connectivity index (χ2n) is 5.47. The predicted molar refractivity (Wildman–Crippen MR) is 86.5 cm³/mol. The van der Waals surface area contributed by atoms with Gasteiger partial charge in [0.15, 0.2) is 5.78 Å². The minimum absolute atomic E-state index is 0. The summed E-state index contributed by atoms with van der Waals surface area (Å²) in [4.78, 5) is 24.6. The number of aryl methyl sites for hydroxylation is 2. The standard InChI is InChI=1S/C16H23NO3.ClH/c1-9-7-10(2)15(13(5)18)11(3)14(9)8-17(6)12(4)16(19)20;/h7,12H,8H2,1-6H3,(H,19,20);1H. The molecule has 1 rings (SSSR count). The molecule has 1 unspecified atom stereocenters. The Hall–Kier alpha value is -1.39. The van der Waals surface area contributed by atoms with Gasteiger partial charge in [-0.2, -0.15) is 0 Å². The lowest BCUT2D eigenvalue weighted by Crippen LogP contribution is -2.35. The van der Waals surface area contributed by atoms with Gasteiger partial charge in [0, 0.05) is 12.1 Å². The first-order valence-electron chi connectivity index (χ1n) is 6.70. The van der Waals surface area contributed by atoms with Gasteiger partial charge in [0.2, 0.25) is 0 Å². The van der Waals surface area contributed by atoms with Gasteiger partial charge in [0.25, 0.3) is 0 Å². The fourth-order valence-corrected chi connectivity index (χ4v) is 2.59. The zero-order valence-electron chi connectivity index (χ0n) is 13.5. The van der Waals surface area contributed by atoms with E-state index >= 15 is 0 Å². The minimum atomic E-state index is -0.846. The molecular formula is C16H24ClNO3. The van der Waals surface area contributed by atoms with Crippen molar-refractivity contribution in [3.05, 3.63) is 33.9 Å². The Morgan fingerprint density at radius 2 is 1.76 bits per heavy atom. The second-order valence-corrected chi connectivity index (χ2v) is 5.47. The number of halogens is 1. The first-order valence-corrected chi connectivity index (χ1v) is 6.70. The molecule has 4 nitrogen and oxygen atoms in total. The Morgan fingerprint density at radius 3 is 2.19 bits per heavy atom. The fourth-order valence-electron chi connectivity index (χ4n) is 2.59. The number of carboxylic acid groups (broad SMARTS) is 1. The predicted octanol–water partition coefficient (Wildman–Crippen LogP) is 3.14. The molecule has 1 atom stereocenters. The molecular weight excluding hydrogens is 290 g/mol. The third-order valence-electron chi connectivity index (χ3n) is 3.91. The van der Waals surface area contributed by atoms with Crippen LogP contribution in [0.5, 0.6) is 0 Å². The van der Waals surface area contributed by atoms with Gasteiger partial charge in [-0.25, -0.2) is 0 Å². The zero-order valence-corrected chi connectivity index (χ0v) is 14.3. The number of carbonyl (C=O) groups is 2. The van der Waals surface area contributed by atoms with Crippen LogP contribution >= 0.6 is 12.4 Å². The molecule has 0 spiro atoms. The van der Waals surface area contributed by atoms with Crippen molar-refractivity contribution in [3.8, 4) is 0 Å². The van der Waals surface area contributed by atoms with E-state index in [1.54, 1.807) is 25.8 Å². The van der Waals surface area contributed by atoms with Crippen LogP contribution in [0.4, 0.5) is 0 Å². The molecule has 5 heteroatoms. The number of Topliss-reactive ketones (excluding diaryl/α,β-unsaturated/α-hetero) is 1. The highest BCUT2D eigenvalue weighted by molar-refractivity contribution is 5.97. The molecule has 21 heavy (non-hydrogen) atoms. The largest absolute Gasteiger partial charge is 0.480 e. The Balaban J connectivity index is 0.00000400. The quantitative estimate of drug-likeness (QED) is 0.848. The SMILES string of the molecule is CC(=O)c1c(C)cc(C)c(CN(C)C(C)C(=O)O)c1C.Cl. The zero-order chi connectivity index (χ0) is 15.6. The third-order valence-corrected chi connectivity index (χ3v) is 3.91. The lowest BCUT2D eigenvalue weighted by Gasteiger charge is -2.24. The van der Waals surface area contributed by atoms with Gasteiger partial charge in [-0.05, 0) is 63.9 Å². The molecule has 0 bridgehead atoms. The van der Waals surface area contributed by atoms with E-state index in [4.69, 9.17) is 5.11 Å². The van der Waals surface area contributed by atoms with Crippen LogP contribution in [-0.2, 0) is 11.3 Å². The van der Waals surface area contributed by atoms with Crippen molar-refractivity contribution in [2.75, 3.05) is 7.05 Å². The van der Waals surface area contributed by atoms with Gasteiger partial charge in [0.05, 0.1) is 0 Å². The third kappa shape index (κ3) is 4.29. The molecule has 1 aromatic carbocycles. The Labute approximate surface area is 132 Å². The van der Waals surface area contributed by atoms with Crippen LogP contribution in [0.2, 0.25) is 0 Å². The van der Waals surface area contributed by atoms with Crippen LogP contribution in [0.15, 0.2) is 6.07 Å². The van der Waals surface area contributed by atoms with Crippen LogP contribution in [0, 0.1) is 20.8 Å². The molecule has 1 aromatic rings. The lowest BCUT2D eigenvalue weighted by molar-refractivity contribution is -0.142. The summed E-state index contributed by atoms with van der Waals surface area (Å²) in [7, 11) is 1.78. The highest BCUT2D eigenvalue weighted by atomic mass is 35.5. The van der Waals surface area contributed by atoms with E-state index < -0.39 is 12.0 Å². The lowest BCUT2D eigenvalue weighted by atomic mass is 9.91. The average molecular weight is 314 g/mol. The molecule has 0 amide bonds. The monoisotopic (exact) mass is 313 g/mol. The maximum Gasteiger partial charge on any atom is 0.320 e. The van der Waals surface area contributed by atoms with Crippen molar-refractivity contribution in [1.29, 1.82) is 0 Å². The number of ketones is 1. The number of benzene rings is 1. The van der Waals surface area contributed by atoms with Gasteiger partial charge in [0.1, 0.15) is 6.04 Å². The van der Waals surface area contributed by atoms with Gasteiger partial charge in [-0.3, -0.25) is 14.5 Å². The highest BCUT2D eigenvalue weighted by Gasteiger charge is 2.20. The summed E-state index contributed by atoms with van der Waals surface area (Å²) >= 11 is 0. The number of hydrogen-bond donors (Lipinski definition) is 1. The van der Waals surface area contributed by atoms with E-state index in [-0.39, 0.29) is 18.2 Å². The van der Waals surface area contributed by atoms with E-state index in [1.165, 1.54) is 0 Å². The number of hydrogen-bond acceptors (Lipinski definition) is 3. The summed E-state index contributed by atoms with van der Waals surface area (Å²) in [5.74, 6) is -0.795. The first-order chi connectivity index (χ1) is 9.16. The Bertz CT molecular complexity index is 555. The molecule has 0 radical (unpaired) electrons. The van der Waals surface area contributed by atoms with Crippen molar-refractivity contribution in [1.82, 2.24) is 4.90 Å². The maximum absolute atomic E-state index is 11.8. The van der Waals surface area contributed by atoms with Gasteiger partial charge >= 0.3 is 5.97 Å². The van der Waals surface area contributed by atoms with Crippen molar-refractivity contribution >= 4 is 24.2 Å². The number of nitrogens with zero attached hydrogens (tertiary/aromatic N) is 1. The van der Waals surface area contributed by atoms with Crippen LogP contribution in [0.1, 0.15) is 46.5 Å². The molecule has 0 fully saturated rings. The van der Waals surface area contributed by atoms with Crippen LogP contribution < -0.4 is 0 Å². The number of aliphatic carboxylic acids is 1. The van der Waals surface area contributed by atoms with Crippen molar-refractivity contribution in [3.63, 3.8) is 0 Å². The van der Waals surface area contributed by atoms with Crippen molar-refractivity contribution < 1.29 is 14.7 Å². The van der Waals surface area contributed by atoms with E-state index in [1.807, 2.05) is 26.8 Å². The van der Waals surface area contributed by atoms with E-state index in [0.29, 0.717) is 6.54 Å². The molecule has 0 aliphatic heterocycles. The first kappa shape index (κ1) is 19.6. The summed E-state index contributed by atoms with van der Waals surface area (Å²) in [6.45, 7) is 9.62. The topological polar surface area (TPSA) is 57.6 Å². The van der Waals surface area contributed by atoms with Crippen LogP contribution in [0.25, 0.3) is 0 Å². The summed E-state index contributed by atoms with van der Waals surface area (Å²) in [6, 6.07) is 1.44. The highest BCUT2D eigenvalue weighted by Crippen LogP contribution is 2.24. The average Bonchev–Trinajstić information content (AvgIpc) is 2.32. The second kappa shape index (κ2) is 7.57. The Morgan fingerprint density at radius 1 is 1.24 bits per heavy atom. The van der Waals surface area contributed by atoms with Gasteiger partial charge in [-0.15, -0.1) is 12.4 Å². The smallest absolute Gasteiger partial charge is 0.320 e. The van der Waals surface area contributed by atoms with E-state index in [2.05, 4.69) is 0 Å². The summed E-state index contributed by atoms with van der Waals surface area (Å²) in [6.07, 6.45) is 0. The number of carbonyl (C=O) groups excluding carboxylic acids is 1. The molecule has 0 aliphatic carbocycles. The van der Waals surface area contributed by atoms with Crippen molar-refractivity contribution in [2.24, 2.45) is 0 Å². The Kier molecular flexibility index (Phi) is 7.07. The van der Waals surface area contributed by atoms with Gasteiger partial charge in [-0.1, -0.05) is 6.07 Å². The fraction of sp³-hybridized carbons (Fsp3) is 0.500. The maximum atomic E-state index is 11.8. The number of likely N-dealkylation sites (N-methyl/N-ethyl adjacent to an activating group) is 1. The minimum Gasteiger partial charge on any atom is -0.480 e. The molecule has 118 valence electrons. The summed E-state index contributed by atoms with van der Waals surface area (Å²) < 4.78 is 0. The normalized spacial score (nSPS) is 12.0. The van der Waals surface area contributed by atoms with E-state index in [9.17, 15) is 9.59 Å². The molecule has 0 aliphatic rings. The van der Waals surface area contributed by atoms with E-state index in [0.717, 1.165) is 27.8 Å².